The standard InChI is InChI=1S/C12H16N2O/c1-2-3-4-7-15-11-5-6-12(14)10(8-11)9-13/h5-6,8H,2-4,7,14H2,1H3. The first-order valence-corrected chi connectivity index (χ1v) is 5.20. The third kappa shape index (κ3) is 3.51. The van der Waals surface area contributed by atoms with Gasteiger partial charge in [-0.05, 0) is 24.6 Å². The summed E-state index contributed by atoms with van der Waals surface area (Å²) in [5.41, 5.74) is 6.57. The minimum absolute atomic E-state index is 0.475. The summed E-state index contributed by atoms with van der Waals surface area (Å²) >= 11 is 0. The highest BCUT2D eigenvalue weighted by atomic mass is 16.5. The summed E-state index contributed by atoms with van der Waals surface area (Å²) in [7, 11) is 0. The predicted octanol–water partition coefficient (Wildman–Crippen LogP) is 2.71. The van der Waals surface area contributed by atoms with Gasteiger partial charge in [0.25, 0.3) is 0 Å². The van der Waals surface area contributed by atoms with Crippen LogP contribution in [0.3, 0.4) is 0 Å². The van der Waals surface area contributed by atoms with Crippen LogP contribution in [0.2, 0.25) is 0 Å². The van der Waals surface area contributed by atoms with Crippen molar-refractivity contribution in [3.8, 4) is 11.8 Å². The molecule has 0 bridgehead atoms. The molecule has 0 fully saturated rings. The van der Waals surface area contributed by atoms with Crippen LogP contribution in [0.15, 0.2) is 18.2 Å². The van der Waals surface area contributed by atoms with Crippen LogP contribution < -0.4 is 10.5 Å². The SMILES string of the molecule is CCCCCOc1ccc(N)c(C#N)c1. The first-order valence-electron chi connectivity index (χ1n) is 5.20. The Kier molecular flexibility index (Phi) is 4.49. The number of hydrogen-bond donors (Lipinski definition) is 1. The Labute approximate surface area is 90.5 Å². The van der Waals surface area contributed by atoms with Gasteiger partial charge in [-0.2, -0.15) is 5.26 Å². The predicted molar refractivity (Wildman–Crippen MR) is 60.6 cm³/mol. The second-order valence-electron chi connectivity index (χ2n) is 3.42. The summed E-state index contributed by atoms with van der Waals surface area (Å²) in [4.78, 5) is 0. The van der Waals surface area contributed by atoms with E-state index in [-0.39, 0.29) is 0 Å². The zero-order valence-corrected chi connectivity index (χ0v) is 8.99. The number of unbranched alkanes of at least 4 members (excludes halogenated alkanes) is 2. The van der Waals surface area contributed by atoms with Crippen LogP contribution in [0.25, 0.3) is 0 Å². The van der Waals surface area contributed by atoms with E-state index in [1.807, 2.05) is 6.07 Å². The number of anilines is 1. The summed E-state index contributed by atoms with van der Waals surface area (Å²) in [5.74, 6) is 0.719. The first-order chi connectivity index (χ1) is 7.27. The average molecular weight is 204 g/mol. The van der Waals surface area contributed by atoms with Crippen LogP contribution in [0.1, 0.15) is 31.7 Å². The molecule has 0 saturated heterocycles. The van der Waals surface area contributed by atoms with Gasteiger partial charge in [-0.25, -0.2) is 0 Å². The number of nitrogens with two attached hydrogens (primary N) is 1. The van der Waals surface area contributed by atoms with Crippen LogP contribution in [0.4, 0.5) is 5.69 Å². The van der Waals surface area contributed by atoms with Crippen molar-refractivity contribution < 1.29 is 4.74 Å². The largest absolute Gasteiger partial charge is 0.494 e. The average Bonchev–Trinajstić information content (AvgIpc) is 2.26. The van der Waals surface area contributed by atoms with Gasteiger partial charge in [0, 0.05) is 5.69 Å². The highest BCUT2D eigenvalue weighted by Gasteiger charge is 2.00. The van der Waals surface area contributed by atoms with E-state index >= 15 is 0 Å². The molecule has 80 valence electrons. The first kappa shape index (κ1) is 11.4. The van der Waals surface area contributed by atoms with Gasteiger partial charge >= 0.3 is 0 Å². The fraction of sp³-hybridized carbons (Fsp3) is 0.417. The summed E-state index contributed by atoms with van der Waals surface area (Å²) in [6.45, 7) is 2.85. The lowest BCUT2D eigenvalue weighted by atomic mass is 10.2. The summed E-state index contributed by atoms with van der Waals surface area (Å²) < 4.78 is 5.50. The molecule has 1 aromatic rings. The molecule has 0 radical (unpaired) electrons. The monoisotopic (exact) mass is 204 g/mol. The van der Waals surface area contributed by atoms with Gasteiger partial charge < -0.3 is 10.5 Å². The van der Waals surface area contributed by atoms with Gasteiger partial charge in [0.2, 0.25) is 0 Å². The van der Waals surface area contributed by atoms with Crippen molar-refractivity contribution in [1.29, 1.82) is 5.26 Å². The van der Waals surface area contributed by atoms with Crippen molar-refractivity contribution in [2.45, 2.75) is 26.2 Å². The van der Waals surface area contributed by atoms with Crippen LogP contribution in [-0.2, 0) is 0 Å². The Hall–Kier alpha value is -1.69. The number of rotatable bonds is 5. The van der Waals surface area contributed by atoms with E-state index in [0.29, 0.717) is 17.9 Å². The van der Waals surface area contributed by atoms with Crippen LogP contribution in [0.5, 0.6) is 5.75 Å². The summed E-state index contributed by atoms with van der Waals surface area (Å²) in [6, 6.07) is 7.21. The molecule has 3 nitrogen and oxygen atoms in total. The molecule has 2 N–H and O–H groups in total. The van der Waals surface area contributed by atoms with E-state index in [4.69, 9.17) is 15.7 Å². The molecule has 1 rings (SSSR count). The van der Waals surface area contributed by atoms with Crippen LogP contribution in [-0.4, -0.2) is 6.61 Å². The number of ether oxygens (including phenoxy) is 1. The van der Waals surface area contributed by atoms with E-state index in [1.54, 1.807) is 18.2 Å². The number of nitriles is 1. The zero-order valence-electron chi connectivity index (χ0n) is 8.99. The van der Waals surface area contributed by atoms with Crippen molar-refractivity contribution in [2.24, 2.45) is 0 Å². The molecule has 0 unspecified atom stereocenters. The molecule has 0 aromatic heterocycles. The Bertz CT molecular complexity index is 355. The van der Waals surface area contributed by atoms with Crippen molar-refractivity contribution in [1.82, 2.24) is 0 Å². The molecular weight excluding hydrogens is 188 g/mol. The molecule has 0 saturated carbocycles. The van der Waals surface area contributed by atoms with Gasteiger partial charge in [0.1, 0.15) is 11.8 Å². The normalized spacial score (nSPS) is 9.60. The maximum absolute atomic E-state index is 8.77. The highest BCUT2D eigenvalue weighted by molar-refractivity contribution is 5.56. The lowest BCUT2D eigenvalue weighted by Crippen LogP contribution is -1.98. The second-order valence-corrected chi connectivity index (χ2v) is 3.42. The lowest BCUT2D eigenvalue weighted by molar-refractivity contribution is 0.306. The fourth-order valence-electron chi connectivity index (χ4n) is 1.26. The minimum Gasteiger partial charge on any atom is -0.494 e. The molecule has 0 amide bonds. The molecule has 0 aliphatic rings. The number of hydrogen-bond acceptors (Lipinski definition) is 3. The minimum atomic E-state index is 0.475. The molecule has 0 spiro atoms. The van der Waals surface area contributed by atoms with E-state index in [1.165, 1.54) is 12.8 Å². The second kappa shape index (κ2) is 5.92. The molecule has 0 aliphatic heterocycles. The Balaban J connectivity index is 2.52. The van der Waals surface area contributed by atoms with E-state index < -0.39 is 0 Å². The third-order valence-electron chi connectivity index (χ3n) is 2.16. The van der Waals surface area contributed by atoms with Gasteiger partial charge in [0.05, 0.1) is 12.2 Å². The zero-order chi connectivity index (χ0) is 11.1. The fourth-order valence-corrected chi connectivity index (χ4v) is 1.26. The van der Waals surface area contributed by atoms with Crippen molar-refractivity contribution in [3.05, 3.63) is 23.8 Å². The lowest BCUT2D eigenvalue weighted by Gasteiger charge is -2.06. The molecule has 0 aliphatic carbocycles. The third-order valence-corrected chi connectivity index (χ3v) is 2.16. The van der Waals surface area contributed by atoms with Gasteiger partial charge in [0.15, 0.2) is 0 Å². The Morgan fingerprint density at radius 3 is 2.87 bits per heavy atom. The van der Waals surface area contributed by atoms with E-state index in [2.05, 4.69) is 6.92 Å². The molecular formula is C12H16N2O. The smallest absolute Gasteiger partial charge is 0.120 e. The number of nitrogen functional groups attached to an aromatic ring is 1. The maximum Gasteiger partial charge on any atom is 0.120 e. The van der Waals surface area contributed by atoms with Gasteiger partial charge in [-0.3, -0.25) is 0 Å². The molecule has 0 atom stereocenters. The number of benzene rings is 1. The topological polar surface area (TPSA) is 59.0 Å². The summed E-state index contributed by atoms with van der Waals surface area (Å²) in [6.07, 6.45) is 3.39. The van der Waals surface area contributed by atoms with Crippen LogP contribution >= 0.6 is 0 Å². The Morgan fingerprint density at radius 1 is 1.40 bits per heavy atom. The Morgan fingerprint density at radius 2 is 2.20 bits per heavy atom. The molecule has 1 aromatic carbocycles. The van der Waals surface area contributed by atoms with Gasteiger partial charge in [-0.1, -0.05) is 19.8 Å². The van der Waals surface area contributed by atoms with E-state index in [9.17, 15) is 0 Å². The van der Waals surface area contributed by atoms with Crippen molar-refractivity contribution in [3.63, 3.8) is 0 Å². The van der Waals surface area contributed by atoms with E-state index in [0.717, 1.165) is 12.2 Å². The van der Waals surface area contributed by atoms with Crippen LogP contribution in [0, 0.1) is 11.3 Å². The van der Waals surface area contributed by atoms with Crippen molar-refractivity contribution >= 4 is 5.69 Å². The summed E-state index contributed by atoms with van der Waals surface area (Å²) in [5, 5.41) is 8.77. The number of nitrogens with zero attached hydrogens (tertiary/aromatic N) is 1. The maximum atomic E-state index is 8.77. The quantitative estimate of drug-likeness (QED) is 0.592. The molecule has 15 heavy (non-hydrogen) atoms. The van der Waals surface area contributed by atoms with Crippen molar-refractivity contribution in [2.75, 3.05) is 12.3 Å². The molecule has 3 heteroatoms. The van der Waals surface area contributed by atoms with Gasteiger partial charge in [-0.15, -0.1) is 0 Å². The molecule has 0 heterocycles. The highest BCUT2D eigenvalue weighted by Crippen LogP contribution is 2.19.